The molecule has 0 atom stereocenters. The third kappa shape index (κ3) is 4.39. The van der Waals surface area contributed by atoms with Crippen LogP contribution in [0.3, 0.4) is 0 Å². The van der Waals surface area contributed by atoms with E-state index in [0.29, 0.717) is 5.89 Å². The molecule has 1 aliphatic carbocycles. The molecular formula is C44H32N2O. The molecule has 0 radical (unpaired) electrons. The Labute approximate surface area is 274 Å². The number of benzene rings is 7. The molecule has 1 aromatic heterocycles. The van der Waals surface area contributed by atoms with E-state index in [1.807, 2.05) is 30.3 Å². The van der Waals surface area contributed by atoms with Gasteiger partial charge in [-0.1, -0.05) is 117 Å². The van der Waals surface area contributed by atoms with E-state index in [1.54, 1.807) is 0 Å². The molecule has 1 heterocycles. The first-order valence-electron chi connectivity index (χ1n) is 16.1. The van der Waals surface area contributed by atoms with E-state index < -0.39 is 0 Å². The van der Waals surface area contributed by atoms with Crippen molar-refractivity contribution in [3.8, 4) is 33.7 Å². The maximum Gasteiger partial charge on any atom is 0.227 e. The number of fused-ring (bicyclic) bond motifs is 6. The minimum atomic E-state index is -0.0285. The molecule has 0 amide bonds. The van der Waals surface area contributed by atoms with Crippen LogP contribution in [0, 0.1) is 0 Å². The molecule has 0 spiro atoms. The van der Waals surface area contributed by atoms with E-state index in [4.69, 9.17) is 9.40 Å². The summed E-state index contributed by atoms with van der Waals surface area (Å²) in [5.74, 6) is 0.636. The van der Waals surface area contributed by atoms with Crippen LogP contribution in [0.25, 0.3) is 55.6 Å². The van der Waals surface area contributed by atoms with Crippen LogP contribution < -0.4 is 4.90 Å². The van der Waals surface area contributed by atoms with Crippen molar-refractivity contribution in [2.45, 2.75) is 19.3 Å². The first-order valence-corrected chi connectivity index (χ1v) is 16.1. The van der Waals surface area contributed by atoms with Crippen LogP contribution in [0.4, 0.5) is 17.1 Å². The summed E-state index contributed by atoms with van der Waals surface area (Å²) < 4.78 is 6.36. The van der Waals surface area contributed by atoms with Crippen molar-refractivity contribution in [3.63, 3.8) is 0 Å². The van der Waals surface area contributed by atoms with Gasteiger partial charge in [0, 0.05) is 33.4 Å². The Bertz CT molecular complexity index is 2420. The molecule has 47 heavy (non-hydrogen) atoms. The molecule has 0 bridgehead atoms. The van der Waals surface area contributed by atoms with Crippen LogP contribution in [0.5, 0.6) is 0 Å². The van der Waals surface area contributed by atoms with Crippen LogP contribution in [-0.4, -0.2) is 4.98 Å². The van der Waals surface area contributed by atoms with Crippen molar-refractivity contribution in [3.05, 3.63) is 169 Å². The Kier molecular flexibility index (Phi) is 6.16. The Balaban J connectivity index is 1.16. The number of anilines is 3. The van der Waals surface area contributed by atoms with Crippen LogP contribution in [-0.2, 0) is 5.41 Å². The van der Waals surface area contributed by atoms with Gasteiger partial charge in [0.05, 0.1) is 0 Å². The predicted molar refractivity (Wildman–Crippen MR) is 195 cm³/mol. The first kappa shape index (κ1) is 27.4. The molecule has 0 saturated carbocycles. The Morgan fingerprint density at radius 1 is 0.489 bits per heavy atom. The number of para-hydroxylation sites is 1. The largest absolute Gasteiger partial charge is 0.435 e. The highest BCUT2D eigenvalue weighted by atomic mass is 16.3. The second kappa shape index (κ2) is 10.6. The molecule has 224 valence electrons. The van der Waals surface area contributed by atoms with Gasteiger partial charge in [-0.15, -0.1) is 0 Å². The molecule has 9 rings (SSSR count). The lowest BCUT2D eigenvalue weighted by Gasteiger charge is -2.27. The number of rotatable bonds is 5. The number of hydrogen-bond acceptors (Lipinski definition) is 3. The van der Waals surface area contributed by atoms with Gasteiger partial charge < -0.3 is 9.32 Å². The van der Waals surface area contributed by atoms with E-state index in [2.05, 4.69) is 146 Å². The topological polar surface area (TPSA) is 29.3 Å². The lowest BCUT2D eigenvalue weighted by molar-refractivity contribution is 0.623. The van der Waals surface area contributed by atoms with Gasteiger partial charge in [0.1, 0.15) is 5.52 Å². The monoisotopic (exact) mass is 604 g/mol. The van der Waals surface area contributed by atoms with Crippen LogP contribution in [0.1, 0.15) is 25.0 Å². The third-order valence-corrected chi connectivity index (χ3v) is 9.69. The zero-order valence-electron chi connectivity index (χ0n) is 26.3. The number of nitrogens with zero attached hydrogens (tertiary/aromatic N) is 2. The summed E-state index contributed by atoms with van der Waals surface area (Å²) in [6, 6.07) is 56.0. The van der Waals surface area contributed by atoms with Crippen molar-refractivity contribution < 1.29 is 4.42 Å². The minimum Gasteiger partial charge on any atom is -0.435 e. The molecular weight excluding hydrogens is 572 g/mol. The van der Waals surface area contributed by atoms with E-state index in [-0.39, 0.29) is 5.41 Å². The SMILES string of the molecule is CC1(C)c2ccccc2-c2cc(N(c3ccccc3)c3ccc(-c4cc5nc(-c6ccccc6)oc5c5ccccc45)cc3)ccc21. The van der Waals surface area contributed by atoms with Crippen molar-refractivity contribution in [2.24, 2.45) is 0 Å². The fourth-order valence-corrected chi connectivity index (χ4v) is 7.36. The normalized spacial score (nSPS) is 13.1. The predicted octanol–water partition coefficient (Wildman–Crippen LogP) is 12.1. The zero-order valence-corrected chi connectivity index (χ0v) is 26.3. The van der Waals surface area contributed by atoms with Gasteiger partial charge >= 0.3 is 0 Å². The molecule has 8 aromatic rings. The lowest BCUT2D eigenvalue weighted by atomic mass is 9.82. The van der Waals surface area contributed by atoms with E-state index in [1.165, 1.54) is 22.3 Å². The highest BCUT2D eigenvalue weighted by molar-refractivity contribution is 6.11. The lowest BCUT2D eigenvalue weighted by Crippen LogP contribution is -2.15. The fourth-order valence-electron chi connectivity index (χ4n) is 7.36. The summed E-state index contributed by atoms with van der Waals surface area (Å²) in [5.41, 5.74) is 13.6. The van der Waals surface area contributed by atoms with Gasteiger partial charge in [0.15, 0.2) is 5.58 Å². The van der Waals surface area contributed by atoms with Gasteiger partial charge in [-0.05, 0) is 93.4 Å². The van der Waals surface area contributed by atoms with Gasteiger partial charge in [-0.2, -0.15) is 0 Å². The summed E-state index contributed by atoms with van der Waals surface area (Å²) in [4.78, 5) is 7.27. The van der Waals surface area contributed by atoms with E-state index in [9.17, 15) is 0 Å². The summed E-state index contributed by atoms with van der Waals surface area (Å²) >= 11 is 0. The molecule has 0 aliphatic heterocycles. The minimum absolute atomic E-state index is 0.0285. The van der Waals surface area contributed by atoms with Crippen LogP contribution in [0.15, 0.2) is 162 Å². The van der Waals surface area contributed by atoms with Crippen molar-refractivity contribution in [2.75, 3.05) is 4.90 Å². The molecule has 0 unspecified atom stereocenters. The molecule has 0 N–H and O–H groups in total. The van der Waals surface area contributed by atoms with Gasteiger partial charge in [0.2, 0.25) is 5.89 Å². The Morgan fingerprint density at radius 2 is 1.11 bits per heavy atom. The standard InChI is InChI=1S/C44H32N2O/c1-44(2)39-20-12-11-18-35(39)38-27-33(25-26-40(38)44)46(31-15-7-4-8-16-31)32-23-21-29(22-24-32)37-28-41-42(36-19-10-9-17-34(36)37)47-43(45-41)30-13-5-3-6-14-30/h3-28H,1-2H3. The van der Waals surface area contributed by atoms with Gasteiger partial charge in [0.25, 0.3) is 0 Å². The van der Waals surface area contributed by atoms with Crippen LogP contribution >= 0.6 is 0 Å². The molecule has 1 aliphatic rings. The molecule has 3 heteroatoms. The molecule has 7 aromatic carbocycles. The summed E-state index contributed by atoms with van der Waals surface area (Å²) in [7, 11) is 0. The number of aromatic nitrogens is 1. The maximum absolute atomic E-state index is 6.36. The summed E-state index contributed by atoms with van der Waals surface area (Å²) in [6.45, 7) is 4.65. The summed E-state index contributed by atoms with van der Waals surface area (Å²) in [6.07, 6.45) is 0. The molecule has 3 nitrogen and oxygen atoms in total. The first-order chi connectivity index (χ1) is 23.1. The fraction of sp³-hybridized carbons (Fsp3) is 0.0682. The van der Waals surface area contributed by atoms with Gasteiger partial charge in [-0.25, -0.2) is 4.98 Å². The second-order valence-corrected chi connectivity index (χ2v) is 12.8. The Hall–Kier alpha value is -5.93. The second-order valence-electron chi connectivity index (χ2n) is 12.8. The van der Waals surface area contributed by atoms with Crippen molar-refractivity contribution in [1.29, 1.82) is 0 Å². The van der Waals surface area contributed by atoms with E-state index in [0.717, 1.165) is 55.6 Å². The summed E-state index contributed by atoms with van der Waals surface area (Å²) in [5, 5.41) is 2.20. The quantitative estimate of drug-likeness (QED) is 0.196. The molecule has 0 saturated heterocycles. The smallest absolute Gasteiger partial charge is 0.227 e. The number of oxazole rings is 1. The third-order valence-electron chi connectivity index (χ3n) is 9.69. The zero-order chi connectivity index (χ0) is 31.5. The van der Waals surface area contributed by atoms with Crippen LogP contribution in [0.2, 0.25) is 0 Å². The maximum atomic E-state index is 6.36. The van der Waals surface area contributed by atoms with Crippen molar-refractivity contribution in [1.82, 2.24) is 4.98 Å². The van der Waals surface area contributed by atoms with E-state index >= 15 is 0 Å². The highest BCUT2D eigenvalue weighted by Gasteiger charge is 2.35. The van der Waals surface area contributed by atoms with Crippen molar-refractivity contribution >= 4 is 38.9 Å². The average Bonchev–Trinajstić information content (AvgIpc) is 3.66. The number of hydrogen-bond donors (Lipinski definition) is 0. The highest BCUT2D eigenvalue weighted by Crippen LogP contribution is 2.50. The Morgan fingerprint density at radius 3 is 1.89 bits per heavy atom. The average molecular weight is 605 g/mol. The molecule has 0 fully saturated rings. The van der Waals surface area contributed by atoms with Gasteiger partial charge in [-0.3, -0.25) is 0 Å².